The fourth-order valence-corrected chi connectivity index (χ4v) is 4.06. The SMILES string of the molecule is c1ccc2c(c1)CCCc1sc(CNCC3CC3)nc1-2. The van der Waals surface area contributed by atoms with Crippen molar-refractivity contribution in [1.82, 2.24) is 10.3 Å². The Hall–Kier alpha value is -1.19. The van der Waals surface area contributed by atoms with E-state index in [0.29, 0.717) is 0 Å². The van der Waals surface area contributed by atoms with Crippen LogP contribution in [0.4, 0.5) is 0 Å². The number of aryl methyl sites for hydroxylation is 2. The van der Waals surface area contributed by atoms with E-state index in [4.69, 9.17) is 4.98 Å². The molecule has 2 aromatic rings. The summed E-state index contributed by atoms with van der Waals surface area (Å²) in [7, 11) is 0. The fraction of sp³-hybridized carbons (Fsp3) is 0.471. The third-order valence-corrected chi connectivity index (χ3v) is 5.39. The Balaban J connectivity index is 1.58. The maximum Gasteiger partial charge on any atom is 0.107 e. The third-order valence-electron chi connectivity index (χ3n) is 4.27. The van der Waals surface area contributed by atoms with Crippen molar-refractivity contribution in [1.29, 1.82) is 0 Å². The average Bonchev–Trinajstić information content (AvgIpc) is 3.23. The summed E-state index contributed by atoms with van der Waals surface area (Å²) in [6.45, 7) is 2.11. The molecule has 1 heterocycles. The molecule has 1 fully saturated rings. The Morgan fingerprint density at radius 2 is 2.10 bits per heavy atom. The molecule has 4 rings (SSSR count). The van der Waals surface area contributed by atoms with E-state index in [2.05, 4.69) is 29.6 Å². The minimum atomic E-state index is 0.938. The lowest BCUT2D eigenvalue weighted by Gasteiger charge is -2.04. The molecule has 2 nitrogen and oxygen atoms in total. The largest absolute Gasteiger partial charge is 0.310 e. The van der Waals surface area contributed by atoms with Crippen molar-refractivity contribution >= 4 is 11.3 Å². The first-order chi connectivity index (χ1) is 9.90. The van der Waals surface area contributed by atoms with Gasteiger partial charge in [-0.1, -0.05) is 24.3 Å². The Morgan fingerprint density at radius 3 is 3.00 bits per heavy atom. The van der Waals surface area contributed by atoms with Crippen LogP contribution in [-0.4, -0.2) is 11.5 Å². The zero-order valence-corrected chi connectivity index (χ0v) is 12.5. The molecule has 1 N–H and O–H groups in total. The summed E-state index contributed by atoms with van der Waals surface area (Å²) in [5.41, 5.74) is 4.09. The number of thiazole rings is 1. The number of rotatable bonds is 4. The van der Waals surface area contributed by atoms with E-state index in [0.717, 1.165) is 12.5 Å². The van der Waals surface area contributed by atoms with Crippen LogP contribution in [-0.2, 0) is 19.4 Å². The number of benzene rings is 1. The summed E-state index contributed by atoms with van der Waals surface area (Å²) in [4.78, 5) is 6.41. The van der Waals surface area contributed by atoms with Gasteiger partial charge in [0.1, 0.15) is 5.01 Å². The van der Waals surface area contributed by atoms with Crippen LogP contribution in [0.1, 0.15) is 34.7 Å². The van der Waals surface area contributed by atoms with Crippen molar-refractivity contribution in [2.45, 2.75) is 38.6 Å². The lowest BCUT2D eigenvalue weighted by molar-refractivity contribution is 0.637. The molecule has 0 amide bonds. The van der Waals surface area contributed by atoms with Crippen molar-refractivity contribution in [3.05, 3.63) is 39.7 Å². The van der Waals surface area contributed by atoms with Gasteiger partial charge in [0.05, 0.1) is 5.69 Å². The minimum absolute atomic E-state index is 0.938. The molecule has 3 heteroatoms. The number of aromatic nitrogens is 1. The topological polar surface area (TPSA) is 24.9 Å². The molecule has 0 bridgehead atoms. The predicted octanol–water partition coefficient (Wildman–Crippen LogP) is 3.80. The summed E-state index contributed by atoms with van der Waals surface area (Å²) in [6, 6.07) is 8.78. The Labute approximate surface area is 124 Å². The molecule has 2 aliphatic rings. The van der Waals surface area contributed by atoms with E-state index in [1.54, 1.807) is 0 Å². The summed E-state index contributed by atoms with van der Waals surface area (Å²) in [5, 5.41) is 4.82. The number of fused-ring (bicyclic) bond motifs is 3. The quantitative estimate of drug-likeness (QED) is 0.923. The smallest absolute Gasteiger partial charge is 0.107 e. The summed E-state index contributed by atoms with van der Waals surface area (Å²) >= 11 is 1.91. The maximum atomic E-state index is 4.93. The lowest BCUT2D eigenvalue weighted by Crippen LogP contribution is -2.15. The van der Waals surface area contributed by atoms with E-state index in [9.17, 15) is 0 Å². The number of nitrogens with zero attached hydrogens (tertiary/aromatic N) is 1. The van der Waals surface area contributed by atoms with E-state index in [1.165, 1.54) is 65.4 Å². The first kappa shape index (κ1) is 12.5. The Kier molecular flexibility index (Phi) is 3.32. The maximum absolute atomic E-state index is 4.93. The van der Waals surface area contributed by atoms with Gasteiger partial charge in [0.15, 0.2) is 0 Å². The molecule has 2 aliphatic carbocycles. The fourth-order valence-electron chi connectivity index (χ4n) is 2.97. The Morgan fingerprint density at radius 1 is 1.20 bits per heavy atom. The van der Waals surface area contributed by atoms with Crippen LogP contribution in [0.25, 0.3) is 11.3 Å². The van der Waals surface area contributed by atoms with Gasteiger partial charge in [0.2, 0.25) is 0 Å². The van der Waals surface area contributed by atoms with E-state index >= 15 is 0 Å². The summed E-state index contributed by atoms with van der Waals surface area (Å²) < 4.78 is 0. The number of nitrogens with one attached hydrogen (secondary N) is 1. The first-order valence-electron chi connectivity index (χ1n) is 7.68. The van der Waals surface area contributed by atoms with Crippen LogP contribution in [0.15, 0.2) is 24.3 Å². The first-order valence-corrected chi connectivity index (χ1v) is 8.49. The zero-order valence-electron chi connectivity index (χ0n) is 11.7. The van der Waals surface area contributed by atoms with Crippen molar-refractivity contribution in [3.63, 3.8) is 0 Å². The number of hydrogen-bond acceptors (Lipinski definition) is 3. The predicted molar refractivity (Wildman–Crippen MR) is 84.0 cm³/mol. The molecule has 1 saturated carbocycles. The van der Waals surface area contributed by atoms with Crippen LogP contribution >= 0.6 is 11.3 Å². The normalized spacial score (nSPS) is 17.4. The van der Waals surface area contributed by atoms with Crippen LogP contribution in [0.2, 0.25) is 0 Å². The summed E-state index contributed by atoms with van der Waals surface area (Å²) in [6.07, 6.45) is 6.45. The van der Waals surface area contributed by atoms with Crippen molar-refractivity contribution in [2.24, 2.45) is 5.92 Å². The highest BCUT2D eigenvalue weighted by Crippen LogP contribution is 2.35. The molecule has 20 heavy (non-hydrogen) atoms. The monoisotopic (exact) mass is 284 g/mol. The van der Waals surface area contributed by atoms with E-state index in [1.807, 2.05) is 11.3 Å². The molecule has 0 aliphatic heterocycles. The highest BCUT2D eigenvalue weighted by atomic mass is 32.1. The van der Waals surface area contributed by atoms with Gasteiger partial charge in [-0.25, -0.2) is 4.98 Å². The van der Waals surface area contributed by atoms with Gasteiger partial charge in [-0.2, -0.15) is 0 Å². The van der Waals surface area contributed by atoms with Gasteiger partial charge >= 0.3 is 0 Å². The van der Waals surface area contributed by atoms with Crippen LogP contribution in [0.5, 0.6) is 0 Å². The highest BCUT2D eigenvalue weighted by molar-refractivity contribution is 7.12. The van der Waals surface area contributed by atoms with Crippen molar-refractivity contribution < 1.29 is 0 Å². The molecular weight excluding hydrogens is 264 g/mol. The average molecular weight is 284 g/mol. The molecular formula is C17H20N2S. The molecule has 1 aromatic carbocycles. The van der Waals surface area contributed by atoms with Crippen LogP contribution < -0.4 is 5.32 Å². The zero-order chi connectivity index (χ0) is 13.4. The molecule has 104 valence electrons. The van der Waals surface area contributed by atoms with Crippen molar-refractivity contribution in [3.8, 4) is 11.3 Å². The minimum Gasteiger partial charge on any atom is -0.310 e. The van der Waals surface area contributed by atoms with Crippen LogP contribution in [0, 0.1) is 5.92 Å². The second-order valence-corrected chi connectivity index (χ2v) is 7.13. The van der Waals surface area contributed by atoms with Gasteiger partial charge < -0.3 is 5.32 Å². The van der Waals surface area contributed by atoms with Gasteiger partial charge in [0, 0.05) is 17.0 Å². The van der Waals surface area contributed by atoms with E-state index in [-0.39, 0.29) is 0 Å². The standard InChI is InChI=1S/C17H20N2S/c1-2-6-14-13(4-1)5-3-7-15-17(14)19-16(20-15)11-18-10-12-8-9-12/h1-2,4,6,12,18H,3,5,7-11H2. The molecule has 0 spiro atoms. The van der Waals surface area contributed by atoms with Gasteiger partial charge in [-0.05, 0) is 50.1 Å². The molecule has 1 aromatic heterocycles. The molecule has 0 saturated heterocycles. The number of hydrogen-bond donors (Lipinski definition) is 1. The molecule has 0 atom stereocenters. The highest BCUT2D eigenvalue weighted by Gasteiger charge is 2.21. The van der Waals surface area contributed by atoms with Crippen molar-refractivity contribution in [2.75, 3.05) is 6.54 Å². The lowest BCUT2D eigenvalue weighted by atomic mass is 10.0. The molecule has 0 radical (unpaired) electrons. The van der Waals surface area contributed by atoms with E-state index < -0.39 is 0 Å². The third kappa shape index (κ3) is 2.52. The second kappa shape index (κ2) is 5.30. The van der Waals surface area contributed by atoms with Gasteiger partial charge in [-0.3, -0.25) is 0 Å². The van der Waals surface area contributed by atoms with Crippen LogP contribution in [0.3, 0.4) is 0 Å². The summed E-state index contributed by atoms with van der Waals surface area (Å²) in [5.74, 6) is 0.938. The Bertz CT molecular complexity index is 613. The molecule has 0 unspecified atom stereocenters. The van der Waals surface area contributed by atoms with Gasteiger partial charge in [0.25, 0.3) is 0 Å². The van der Waals surface area contributed by atoms with Gasteiger partial charge in [-0.15, -0.1) is 11.3 Å². The second-order valence-electron chi connectivity index (χ2n) is 5.96.